The van der Waals surface area contributed by atoms with E-state index < -0.39 is 0 Å². The minimum Gasteiger partial charge on any atom is -0.493 e. The van der Waals surface area contributed by atoms with Crippen molar-refractivity contribution in [1.29, 1.82) is 0 Å². The molecule has 0 radical (unpaired) electrons. The number of hydrogen-bond acceptors (Lipinski definition) is 5. The molecule has 30 heavy (non-hydrogen) atoms. The van der Waals surface area contributed by atoms with Crippen LogP contribution in [0.3, 0.4) is 0 Å². The molecule has 1 fully saturated rings. The van der Waals surface area contributed by atoms with Crippen LogP contribution in [-0.2, 0) is 11.3 Å². The highest BCUT2D eigenvalue weighted by Gasteiger charge is 2.15. The maximum Gasteiger partial charge on any atom is 0.187 e. The Morgan fingerprint density at radius 2 is 2.13 bits per heavy atom. The van der Waals surface area contributed by atoms with E-state index in [1.807, 2.05) is 24.3 Å². The first kappa shape index (κ1) is 22.6. The van der Waals surface area contributed by atoms with Gasteiger partial charge >= 0.3 is 0 Å². The number of hydrogen-bond donors (Lipinski definition) is 2. The molecule has 0 spiro atoms. The molecule has 3 rings (SSSR count). The van der Waals surface area contributed by atoms with Crippen LogP contribution >= 0.6 is 35.4 Å². The van der Waals surface area contributed by atoms with Crippen LogP contribution in [-0.4, -0.2) is 37.7 Å². The van der Waals surface area contributed by atoms with Crippen molar-refractivity contribution in [2.24, 2.45) is 5.10 Å². The van der Waals surface area contributed by atoms with Crippen LogP contribution in [0.4, 0.5) is 0 Å². The smallest absolute Gasteiger partial charge is 0.187 e. The lowest BCUT2D eigenvalue weighted by atomic mass is 10.2. The number of hydrazone groups is 1. The second-order valence-corrected chi connectivity index (χ2v) is 7.90. The van der Waals surface area contributed by atoms with Crippen molar-refractivity contribution in [3.63, 3.8) is 0 Å². The van der Waals surface area contributed by atoms with Gasteiger partial charge in [0, 0.05) is 28.8 Å². The van der Waals surface area contributed by atoms with Crippen molar-refractivity contribution in [2.45, 2.75) is 25.6 Å². The Morgan fingerprint density at radius 3 is 2.87 bits per heavy atom. The zero-order valence-corrected chi connectivity index (χ0v) is 18.8. The first-order valence-corrected chi connectivity index (χ1v) is 10.6. The summed E-state index contributed by atoms with van der Waals surface area (Å²) in [6.45, 7) is 1.80. The van der Waals surface area contributed by atoms with Crippen LogP contribution in [0.1, 0.15) is 24.0 Å². The van der Waals surface area contributed by atoms with Crippen LogP contribution in [0.2, 0.25) is 10.0 Å². The maximum atomic E-state index is 6.19. The largest absolute Gasteiger partial charge is 0.493 e. The van der Waals surface area contributed by atoms with Gasteiger partial charge in [0.05, 0.1) is 19.4 Å². The zero-order chi connectivity index (χ0) is 21.3. The van der Waals surface area contributed by atoms with Gasteiger partial charge in [-0.05, 0) is 61.0 Å². The molecule has 1 aliphatic rings. The summed E-state index contributed by atoms with van der Waals surface area (Å²) in [5.41, 5.74) is 4.47. The predicted molar refractivity (Wildman–Crippen MR) is 124 cm³/mol. The maximum absolute atomic E-state index is 6.19. The Hall–Kier alpha value is -2.06. The van der Waals surface area contributed by atoms with E-state index in [0.717, 1.165) is 30.6 Å². The van der Waals surface area contributed by atoms with Gasteiger partial charge in [-0.1, -0.05) is 29.3 Å². The third-order valence-electron chi connectivity index (χ3n) is 4.48. The van der Waals surface area contributed by atoms with Crippen LogP contribution in [0.15, 0.2) is 41.5 Å². The van der Waals surface area contributed by atoms with Crippen molar-refractivity contribution in [3.8, 4) is 11.5 Å². The molecule has 160 valence electrons. The molecule has 1 heterocycles. The second-order valence-electron chi connectivity index (χ2n) is 6.65. The van der Waals surface area contributed by atoms with Gasteiger partial charge in [0.25, 0.3) is 0 Å². The summed E-state index contributed by atoms with van der Waals surface area (Å²) >= 11 is 17.3. The molecule has 0 bridgehead atoms. The third-order valence-corrected chi connectivity index (χ3v) is 5.30. The summed E-state index contributed by atoms with van der Waals surface area (Å²) in [5.74, 6) is 1.19. The SMILES string of the molecule is COc1cc(/C=N\NC(=S)NC[C@H]2CCCO2)ccc1OCc1ccc(Cl)cc1Cl. The Kier molecular flexibility index (Phi) is 8.57. The number of ether oxygens (including phenoxy) is 3. The molecule has 0 aliphatic carbocycles. The fourth-order valence-electron chi connectivity index (χ4n) is 2.89. The van der Waals surface area contributed by atoms with E-state index in [9.17, 15) is 0 Å². The van der Waals surface area contributed by atoms with Gasteiger partial charge in [-0.15, -0.1) is 0 Å². The molecule has 2 aromatic carbocycles. The number of methoxy groups -OCH3 is 1. The van der Waals surface area contributed by atoms with Crippen LogP contribution in [0.25, 0.3) is 0 Å². The summed E-state index contributed by atoms with van der Waals surface area (Å²) < 4.78 is 16.8. The number of halogens is 2. The lowest BCUT2D eigenvalue weighted by Crippen LogP contribution is -2.37. The lowest BCUT2D eigenvalue weighted by molar-refractivity contribution is 0.114. The highest BCUT2D eigenvalue weighted by atomic mass is 35.5. The van der Waals surface area contributed by atoms with Gasteiger partial charge in [-0.2, -0.15) is 5.10 Å². The zero-order valence-electron chi connectivity index (χ0n) is 16.5. The Labute approximate surface area is 191 Å². The monoisotopic (exact) mass is 467 g/mol. The molecule has 9 heteroatoms. The molecule has 6 nitrogen and oxygen atoms in total. The predicted octanol–water partition coefficient (Wildman–Crippen LogP) is 4.56. The van der Waals surface area contributed by atoms with Crippen molar-refractivity contribution >= 4 is 46.7 Å². The average Bonchev–Trinajstić information content (AvgIpc) is 3.26. The number of nitrogens with zero attached hydrogens (tertiary/aromatic N) is 1. The molecular formula is C21H23Cl2N3O3S. The number of thiocarbonyl (C=S) groups is 1. The quantitative estimate of drug-likeness (QED) is 0.337. The summed E-state index contributed by atoms with van der Waals surface area (Å²) in [7, 11) is 1.58. The van der Waals surface area contributed by atoms with Crippen LogP contribution < -0.4 is 20.2 Å². The highest BCUT2D eigenvalue weighted by molar-refractivity contribution is 7.80. The molecule has 1 aliphatic heterocycles. The number of rotatable bonds is 8. The lowest BCUT2D eigenvalue weighted by Gasteiger charge is -2.12. The fraction of sp³-hybridized carbons (Fsp3) is 0.333. The number of benzene rings is 2. The molecule has 0 amide bonds. The van der Waals surface area contributed by atoms with E-state index in [0.29, 0.717) is 39.8 Å². The molecule has 0 saturated carbocycles. The standard InChI is InChI=1S/C21H23Cl2N3O3S/c1-27-20-9-14(11-25-26-21(30)24-12-17-3-2-8-28-17)4-7-19(20)29-13-15-5-6-16(22)10-18(15)23/h4-7,9-11,17H,2-3,8,12-13H2,1H3,(H2,24,26,30)/b25-11-/t17-/m1/s1. The highest BCUT2D eigenvalue weighted by Crippen LogP contribution is 2.29. The van der Waals surface area contributed by atoms with Gasteiger partial charge < -0.3 is 19.5 Å². The van der Waals surface area contributed by atoms with Gasteiger partial charge in [0.2, 0.25) is 0 Å². The van der Waals surface area contributed by atoms with Gasteiger partial charge in [-0.25, -0.2) is 0 Å². The molecule has 1 atom stereocenters. The molecular weight excluding hydrogens is 445 g/mol. The molecule has 2 aromatic rings. The molecule has 0 unspecified atom stereocenters. The van der Waals surface area contributed by atoms with E-state index in [2.05, 4.69) is 15.8 Å². The summed E-state index contributed by atoms with van der Waals surface area (Å²) in [5, 5.41) is 8.85. The topological polar surface area (TPSA) is 64.1 Å². The molecule has 2 N–H and O–H groups in total. The second kappa shape index (κ2) is 11.4. The van der Waals surface area contributed by atoms with E-state index in [1.165, 1.54) is 0 Å². The van der Waals surface area contributed by atoms with Crippen molar-refractivity contribution in [3.05, 3.63) is 57.6 Å². The van der Waals surface area contributed by atoms with Crippen molar-refractivity contribution in [1.82, 2.24) is 10.7 Å². The minimum absolute atomic E-state index is 0.216. The van der Waals surface area contributed by atoms with Gasteiger partial charge in [-0.3, -0.25) is 5.43 Å². The Bertz CT molecular complexity index is 905. The molecule has 0 aromatic heterocycles. The summed E-state index contributed by atoms with van der Waals surface area (Å²) in [4.78, 5) is 0. The summed E-state index contributed by atoms with van der Waals surface area (Å²) in [6, 6.07) is 10.8. The fourth-order valence-corrected chi connectivity index (χ4v) is 3.49. The molecule has 1 saturated heterocycles. The first-order chi connectivity index (χ1) is 14.5. The van der Waals surface area contributed by atoms with E-state index in [-0.39, 0.29) is 6.10 Å². The Morgan fingerprint density at radius 1 is 1.27 bits per heavy atom. The van der Waals surface area contributed by atoms with Gasteiger partial charge in [0.1, 0.15) is 6.61 Å². The number of nitrogens with one attached hydrogen (secondary N) is 2. The van der Waals surface area contributed by atoms with E-state index in [4.69, 9.17) is 49.6 Å². The minimum atomic E-state index is 0.216. The summed E-state index contributed by atoms with van der Waals surface area (Å²) in [6.07, 6.45) is 4.02. The van der Waals surface area contributed by atoms with E-state index >= 15 is 0 Å². The third kappa shape index (κ3) is 6.74. The normalized spacial score (nSPS) is 15.9. The van der Waals surface area contributed by atoms with E-state index in [1.54, 1.807) is 25.5 Å². The van der Waals surface area contributed by atoms with Crippen LogP contribution in [0, 0.1) is 0 Å². The van der Waals surface area contributed by atoms with Crippen molar-refractivity contribution < 1.29 is 14.2 Å². The van der Waals surface area contributed by atoms with Crippen molar-refractivity contribution in [2.75, 3.05) is 20.3 Å². The first-order valence-electron chi connectivity index (χ1n) is 9.48. The van der Waals surface area contributed by atoms with Crippen LogP contribution in [0.5, 0.6) is 11.5 Å². The van der Waals surface area contributed by atoms with Gasteiger partial charge in [0.15, 0.2) is 16.6 Å². The average molecular weight is 468 g/mol. The Balaban J connectivity index is 1.52.